The number of hydrogen-bond acceptors (Lipinski definition) is 2. The van der Waals surface area contributed by atoms with E-state index in [4.69, 9.17) is 4.74 Å². The van der Waals surface area contributed by atoms with Gasteiger partial charge in [0.2, 0.25) is 0 Å². The van der Waals surface area contributed by atoms with Gasteiger partial charge in [-0.15, -0.1) is 0 Å². The molecule has 1 N–H and O–H groups in total. The monoisotopic (exact) mass is 361 g/mol. The van der Waals surface area contributed by atoms with Crippen molar-refractivity contribution in [1.29, 1.82) is 0 Å². The van der Waals surface area contributed by atoms with E-state index in [0.717, 1.165) is 22.2 Å². The zero-order valence-electron chi connectivity index (χ0n) is 12.9. The van der Waals surface area contributed by atoms with Crippen LogP contribution in [0.4, 0.5) is 0 Å². The first kappa shape index (κ1) is 16.6. The Hall–Kier alpha value is -1.81. The number of benzene rings is 2. The smallest absolute Gasteiger partial charge is 0.251 e. The molecule has 0 heterocycles. The molecule has 0 aliphatic carbocycles. The molecule has 4 heteroatoms. The van der Waals surface area contributed by atoms with Crippen molar-refractivity contribution in [2.45, 2.75) is 26.8 Å². The Morgan fingerprint density at radius 2 is 1.91 bits per heavy atom. The highest BCUT2D eigenvalue weighted by atomic mass is 79.9. The van der Waals surface area contributed by atoms with Gasteiger partial charge >= 0.3 is 0 Å². The number of carbonyl (C=O) groups excluding carboxylic acids is 1. The molecule has 3 nitrogen and oxygen atoms in total. The Morgan fingerprint density at radius 1 is 1.18 bits per heavy atom. The molecule has 0 bridgehead atoms. The third-order valence-electron chi connectivity index (χ3n) is 3.23. The predicted octanol–water partition coefficient (Wildman–Crippen LogP) is 4.48. The van der Waals surface area contributed by atoms with Crippen molar-refractivity contribution in [2.24, 2.45) is 0 Å². The number of halogens is 1. The van der Waals surface area contributed by atoms with Crippen LogP contribution >= 0.6 is 15.9 Å². The maximum Gasteiger partial charge on any atom is 0.251 e. The van der Waals surface area contributed by atoms with E-state index in [1.54, 1.807) is 12.1 Å². The summed E-state index contributed by atoms with van der Waals surface area (Å²) in [5.74, 6) is 0.667. The normalized spacial score (nSPS) is 10.3. The molecular weight excluding hydrogens is 342 g/mol. The second-order valence-electron chi connectivity index (χ2n) is 5.16. The van der Waals surface area contributed by atoms with Gasteiger partial charge in [-0.05, 0) is 53.0 Å². The van der Waals surface area contributed by atoms with Crippen LogP contribution in [0.1, 0.15) is 34.8 Å². The SMILES string of the molecule is CCCOc1ccc(C(=O)NCc2ccc(C)cc2)cc1Br. The number of amides is 1. The van der Waals surface area contributed by atoms with Crippen molar-refractivity contribution in [3.8, 4) is 5.75 Å². The molecule has 22 heavy (non-hydrogen) atoms. The summed E-state index contributed by atoms with van der Waals surface area (Å²) in [4.78, 5) is 12.2. The van der Waals surface area contributed by atoms with Gasteiger partial charge in [0.1, 0.15) is 5.75 Å². The zero-order chi connectivity index (χ0) is 15.9. The summed E-state index contributed by atoms with van der Waals surface area (Å²) in [5.41, 5.74) is 2.91. The standard InChI is InChI=1S/C18H20BrNO2/c1-3-10-22-17-9-8-15(11-16(17)19)18(21)20-12-14-6-4-13(2)5-7-14/h4-9,11H,3,10,12H2,1-2H3,(H,20,21). The fourth-order valence-electron chi connectivity index (χ4n) is 1.96. The molecule has 0 saturated heterocycles. The summed E-state index contributed by atoms with van der Waals surface area (Å²) >= 11 is 3.44. The van der Waals surface area contributed by atoms with Crippen LogP contribution in [0.25, 0.3) is 0 Å². The third kappa shape index (κ3) is 4.60. The summed E-state index contributed by atoms with van der Waals surface area (Å²) in [5, 5.41) is 2.92. The molecule has 0 aromatic heterocycles. The number of rotatable bonds is 6. The van der Waals surface area contributed by atoms with Gasteiger partial charge in [0.25, 0.3) is 5.91 Å². The van der Waals surface area contributed by atoms with Crippen LogP contribution in [0.5, 0.6) is 5.75 Å². The quantitative estimate of drug-likeness (QED) is 0.823. The lowest BCUT2D eigenvalue weighted by atomic mass is 10.1. The number of aryl methyl sites for hydroxylation is 1. The summed E-state index contributed by atoms with van der Waals surface area (Å²) in [6.07, 6.45) is 0.950. The van der Waals surface area contributed by atoms with Gasteiger partial charge in [0.15, 0.2) is 0 Å². The average Bonchev–Trinajstić information content (AvgIpc) is 2.53. The van der Waals surface area contributed by atoms with Crippen LogP contribution in [0.2, 0.25) is 0 Å². The maximum absolute atomic E-state index is 12.2. The van der Waals surface area contributed by atoms with E-state index >= 15 is 0 Å². The summed E-state index contributed by atoms with van der Waals surface area (Å²) in [6, 6.07) is 13.5. The van der Waals surface area contributed by atoms with Crippen LogP contribution in [-0.2, 0) is 6.54 Å². The molecule has 116 valence electrons. The van der Waals surface area contributed by atoms with Crippen LogP contribution in [0.3, 0.4) is 0 Å². The Morgan fingerprint density at radius 3 is 2.55 bits per heavy atom. The largest absolute Gasteiger partial charge is 0.492 e. The molecule has 0 atom stereocenters. The van der Waals surface area contributed by atoms with Crippen molar-refractivity contribution in [1.82, 2.24) is 5.32 Å². The minimum atomic E-state index is -0.0942. The topological polar surface area (TPSA) is 38.3 Å². The van der Waals surface area contributed by atoms with Gasteiger partial charge in [-0.25, -0.2) is 0 Å². The van der Waals surface area contributed by atoms with Gasteiger partial charge in [0, 0.05) is 12.1 Å². The minimum Gasteiger partial charge on any atom is -0.492 e. The molecule has 2 aromatic rings. The fourth-order valence-corrected chi connectivity index (χ4v) is 2.45. The predicted molar refractivity (Wildman–Crippen MR) is 92.3 cm³/mol. The molecule has 0 spiro atoms. The maximum atomic E-state index is 12.2. The number of hydrogen-bond donors (Lipinski definition) is 1. The van der Waals surface area contributed by atoms with Gasteiger partial charge in [-0.2, -0.15) is 0 Å². The van der Waals surface area contributed by atoms with E-state index in [0.29, 0.717) is 18.7 Å². The first-order valence-corrected chi connectivity index (χ1v) is 8.15. The van der Waals surface area contributed by atoms with Gasteiger partial charge in [0.05, 0.1) is 11.1 Å². The highest BCUT2D eigenvalue weighted by Gasteiger charge is 2.09. The number of nitrogens with one attached hydrogen (secondary N) is 1. The van der Waals surface area contributed by atoms with E-state index in [2.05, 4.69) is 28.2 Å². The van der Waals surface area contributed by atoms with Crippen LogP contribution in [-0.4, -0.2) is 12.5 Å². The lowest BCUT2D eigenvalue weighted by Gasteiger charge is -2.09. The zero-order valence-corrected chi connectivity index (χ0v) is 14.4. The molecule has 0 saturated carbocycles. The van der Waals surface area contributed by atoms with Gasteiger partial charge in [-0.3, -0.25) is 4.79 Å². The van der Waals surface area contributed by atoms with Crippen LogP contribution in [0, 0.1) is 6.92 Å². The van der Waals surface area contributed by atoms with E-state index < -0.39 is 0 Å². The highest BCUT2D eigenvalue weighted by molar-refractivity contribution is 9.10. The molecule has 0 fully saturated rings. The van der Waals surface area contributed by atoms with Gasteiger partial charge < -0.3 is 10.1 Å². The Kier molecular flexibility index (Phi) is 6.01. The molecule has 0 aliphatic rings. The molecule has 2 aromatic carbocycles. The molecular formula is C18H20BrNO2. The fraction of sp³-hybridized carbons (Fsp3) is 0.278. The van der Waals surface area contributed by atoms with Crippen molar-refractivity contribution in [3.05, 3.63) is 63.6 Å². The lowest BCUT2D eigenvalue weighted by Crippen LogP contribution is -2.22. The van der Waals surface area contributed by atoms with Gasteiger partial charge in [-0.1, -0.05) is 36.8 Å². The number of ether oxygens (including phenoxy) is 1. The number of carbonyl (C=O) groups is 1. The van der Waals surface area contributed by atoms with Crippen molar-refractivity contribution < 1.29 is 9.53 Å². The first-order valence-electron chi connectivity index (χ1n) is 7.36. The molecule has 0 unspecified atom stereocenters. The molecule has 0 radical (unpaired) electrons. The van der Waals surface area contributed by atoms with Crippen molar-refractivity contribution in [2.75, 3.05) is 6.61 Å². The van der Waals surface area contributed by atoms with Crippen molar-refractivity contribution >= 4 is 21.8 Å². The Labute approximate surface area is 139 Å². The highest BCUT2D eigenvalue weighted by Crippen LogP contribution is 2.26. The molecule has 1 amide bonds. The Bertz CT molecular complexity index is 638. The summed E-state index contributed by atoms with van der Waals surface area (Å²) in [6.45, 7) is 5.28. The van der Waals surface area contributed by atoms with E-state index in [-0.39, 0.29) is 5.91 Å². The van der Waals surface area contributed by atoms with Crippen LogP contribution < -0.4 is 10.1 Å². The lowest BCUT2D eigenvalue weighted by molar-refractivity contribution is 0.0951. The summed E-state index contributed by atoms with van der Waals surface area (Å²) in [7, 11) is 0. The third-order valence-corrected chi connectivity index (χ3v) is 3.85. The molecule has 0 aliphatic heterocycles. The van der Waals surface area contributed by atoms with Crippen molar-refractivity contribution in [3.63, 3.8) is 0 Å². The first-order chi connectivity index (χ1) is 10.6. The molecule has 2 rings (SSSR count). The van der Waals surface area contributed by atoms with E-state index in [1.807, 2.05) is 37.3 Å². The Balaban J connectivity index is 1.97. The average molecular weight is 362 g/mol. The summed E-state index contributed by atoms with van der Waals surface area (Å²) < 4.78 is 6.38. The van der Waals surface area contributed by atoms with Crippen LogP contribution in [0.15, 0.2) is 46.9 Å². The van der Waals surface area contributed by atoms with E-state index in [9.17, 15) is 4.79 Å². The van der Waals surface area contributed by atoms with E-state index in [1.165, 1.54) is 5.56 Å². The minimum absolute atomic E-state index is 0.0942. The second kappa shape index (κ2) is 7.99. The second-order valence-corrected chi connectivity index (χ2v) is 6.02.